The summed E-state index contributed by atoms with van der Waals surface area (Å²) in [6.07, 6.45) is 0. The molecule has 0 unspecified atom stereocenters. The summed E-state index contributed by atoms with van der Waals surface area (Å²) >= 11 is 0. The number of methoxy groups -OCH3 is 3. The van der Waals surface area contributed by atoms with Gasteiger partial charge in [-0.1, -0.05) is 0 Å². The molecule has 0 atom stereocenters. The highest BCUT2D eigenvalue weighted by atomic mass is 32.2. The second-order valence-corrected chi connectivity index (χ2v) is 9.63. The van der Waals surface area contributed by atoms with Crippen LogP contribution in [0.15, 0.2) is 87.5 Å². The fraction of sp³-hybridized carbons (Fsp3) is 0.182. The number of halogens is 3. The first kappa shape index (κ1) is 26.4. The van der Waals surface area contributed by atoms with E-state index in [9.17, 15) is 13.2 Å². The quantitative estimate of drug-likeness (QED) is 0.272. The van der Waals surface area contributed by atoms with E-state index in [4.69, 9.17) is 27.2 Å². The minimum absolute atomic E-state index is 0.212. The fourth-order valence-corrected chi connectivity index (χ4v) is 4.58. The molecule has 0 aromatic heterocycles. The van der Waals surface area contributed by atoms with Gasteiger partial charge in [-0.25, -0.2) is 8.42 Å². The van der Waals surface area contributed by atoms with Crippen LogP contribution in [0.1, 0.15) is 0 Å². The van der Waals surface area contributed by atoms with E-state index in [1.807, 2.05) is 36.4 Å². The van der Waals surface area contributed by atoms with Gasteiger partial charge in [0.25, 0.3) is 0 Å². The molecule has 0 amide bonds. The maximum Gasteiger partial charge on any atom is 0.485 e. The maximum atomic E-state index is 10.7. The van der Waals surface area contributed by atoms with Crippen LogP contribution in [0.5, 0.6) is 17.2 Å². The van der Waals surface area contributed by atoms with E-state index in [1.54, 1.807) is 21.3 Å². The van der Waals surface area contributed by atoms with Gasteiger partial charge < -0.3 is 18.8 Å². The largest absolute Gasteiger partial charge is 0.741 e. The van der Waals surface area contributed by atoms with Gasteiger partial charge in [0.05, 0.1) is 32.2 Å². The molecule has 0 fully saturated rings. The third kappa shape index (κ3) is 7.31. The molecule has 0 N–H and O–H groups in total. The van der Waals surface area contributed by atoms with Crippen molar-refractivity contribution in [3.8, 4) is 17.2 Å². The van der Waals surface area contributed by atoms with Crippen molar-refractivity contribution in [2.24, 2.45) is 0 Å². The fourth-order valence-electron chi connectivity index (χ4n) is 2.54. The monoisotopic (exact) mass is 502 g/mol. The summed E-state index contributed by atoms with van der Waals surface area (Å²) in [6, 6.07) is 24.7. The SMILES string of the molecule is COc1ccc([S+](c2ccc(OC)cc2)c2ccc(OC)cc2)cc1.O=S(=O)([O-])C(F)(F)F. The summed E-state index contributed by atoms with van der Waals surface area (Å²) in [5.41, 5.74) is -5.65. The van der Waals surface area contributed by atoms with Gasteiger partial charge in [-0.05, 0) is 72.8 Å². The van der Waals surface area contributed by atoms with E-state index >= 15 is 0 Å². The average molecular weight is 503 g/mol. The van der Waals surface area contributed by atoms with Crippen molar-refractivity contribution in [1.29, 1.82) is 0 Å². The Bertz CT molecular complexity index is 1000. The molecule has 3 aromatic rings. The molecule has 0 heterocycles. The van der Waals surface area contributed by atoms with E-state index in [2.05, 4.69) is 36.4 Å². The lowest BCUT2D eigenvalue weighted by Gasteiger charge is -2.10. The van der Waals surface area contributed by atoms with Gasteiger partial charge in [-0.15, -0.1) is 0 Å². The first-order valence-electron chi connectivity index (χ1n) is 9.18. The average Bonchev–Trinajstić information content (AvgIpc) is 2.80. The Morgan fingerprint density at radius 2 is 0.848 bits per heavy atom. The van der Waals surface area contributed by atoms with Crippen LogP contribution in [0.3, 0.4) is 0 Å². The normalized spacial score (nSPS) is 11.4. The van der Waals surface area contributed by atoms with Crippen molar-refractivity contribution < 1.29 is 40.4 Å². The van der Waals surface area contributed by atoms with Crippen LogP contribution in [-0.2, 0) is 21.0 Å². The molecule has 0 radical (unpaired) electrons. The summed E-state index contributed by atoms with van der Waals surface area (Å²) < 4.78 is 74.8. The molecule has 178 valence electrons. The summed E-state index contributed by atoms with van der Waals surface area (Å²) in [7, 11) is -1.26. The van der Waals surface area contributed by atoms with Gasteiger partial charge >= 0.3 is 5.51 Å². The predicted octanol–water partition coefficient (Wildman–Crippen LogP) is 4.86. The Morgan fingerprint density at radius 3 is 1.00 bits per heavy atom. The van der Waals surface area contributed by atoms with Crippen LogP contribution in [0, 0.1) is 0 Å². The standard InChI is InChI=1S/C21H21O3S.CHF3O3S/c1-22-16-4-10-19(11-5-16)25(20-12-6-17(23-2)7-13-20)21-14-8-18(24-3)9-15-21;2-1(3,4)8(5,6)7/h4-15H,1-3H3;(H,5,6,7)/q+1;/p-1. The molecule has 3 aromatic carbocycles. The van der Waals surface area contributed by atoms with Crippen LogP contribution in [0.4, 0.5) is 13.2 Å². The Labute approximate surface area is 193 Å². The van der Waals surface area contributed by atoms with Gasteiger partial charge in [-0.2, -0.15) is 13.2 Å². The van der Waals surface area contributed by atoms with E-state index in [-0.39, 0.29) is 10.9 Å². The number of benzene rings is 3. The van der Waals surface area contributed by atoms with Gasteiger partial charge in [0, 0.05) is 0 Å². The molecule has 0 saturated carbocycles. The second kappa shape index (κ2) is 11.3. The van der Waals surface area contributed by atoms with E-state index in [0.717, 1.165) is 17.2 Å². The van der Waals surface area contributed by atoms with E-state index in [1.165, 1.54) is 14.7 Å². The molecule has 0 bridgehead atoms. The molecule has 0 saturated heterocycles. The van der Waals surface area contributed by atoms with Crippen LogP contribution in [0.25, 0.3) is 0 Å². The topological polar surface area (TPSA) is 84.9 Å². The zero-order valence-electron chi connectivity index (χ0n) is 17.8. The lowest BCUT2D eigenvalue weighted by atomic mass is 10.3. The predicted molar refractivity (Wildman–Crippen MR) is 117 cm³/mol. The molecule has 11 heteroatoms. The van der Waals surface area contributed by atoms with Crippen LogP contribution in [-0.4, -0.2) is 39.8 Å². The lowest BCUT2D eigenvalue weighted by Crippen LogP contribution is -2.21. The van der Waals surface area contributed by atoms with Crippen LogP contribution in [0.2, 0.25) is 0 Å². The molecular formula is C22H21F3O6S2. The lowest BCUT2D eigenvalue weighted by molar-refractivity contribution is -0.0517. The van der Waals surface area contributed by atoms with E-state index < -0.39 is 15.6 Å². The zero-order valence-corrected chi connectivity index (χ0v) is 19.5. The highest BCUT2D eigenvalue weighted by molar-refractivity contribution is 7.97. The van der Waals surface area contributed by atoms with Crippen molar-refractivity contribution in [1.82, 2.24) is 0 Å². The summed E-state index contributed by atoms with van der Waals surface area (Å²) in [5, 5.41) is 0. The molecule has 0 aliphatic carbocycles. The number of ether oxygens (including phenoxy) is 3. The molecule has 33 heavy (non-hydrogen) atoms. The van der Waals surface area contributed by atoms with Gasteiger partial charge in [0.15, 0.2) is 24.8 Å². The minimum atomic E-state index is -6.09. The second-order valence-electron chi connectivity index (χ2n) is 6.23. The Hall–Kier alpha value is -2.89. The maximum absolute atomic E-state index is 10.7. The summed E-state index contributed by atoms with van der Waals surface area (Å²) in [4.78, 5) is 3.70. The van der Waals surface area contributed by atoms with Gasteiger partial charge in [0.1, 0.15) is 17.2 Å². The van der Waals surface area contributed by atoms with Crippen molar-refractivity contribution in [2.45, 2.75) is 20.2 Å². The molecular weight excluding hydrogens is 481 g/mol. The smallest absolute Gasteiger partial charge is 0.485 e. The van der Waals surface area contributed by atoms with Gasteiger partial charge in [0.2, 0.25) is 0 Å². The van der Waals surface area contributed by atoms with Crippen LogP contribution < -0.4 is 14.2 Å². The van der Waals surface area contributed by atoms with Crippen molar-refractivity contribution in [3.63, 3.8) is 0 Å². The highest BCUT2D eigenvalue weighted by Gasteiger charge is 2.37. The first-order chi connectivity index (χ1) is 15.5. The van der Waals surface area contributed by atoms with Gasteiger partial charge in [-0.3, -0.25) is 0 Å². The number of rotatable bonds is 6. The number of hydrogen-bond donors (Lipinski definition) is 0. The Morgan fingerprint density at radius 1 is 0.636 bits per heavy atom. The summed E-state index contributed by atoms with van der Waals surface area (Å²) in [5.74, 6) is 2.57. The third-order valence-corrected chi connectivity index (χ3v) is 6.97. The van der Waals surface area contributed by atoms with Crippen LogP contribution >= 0.6 is 0 Å². The first-order valence-corrected chi connectivity index (χ1v) is 11.8. The molecule has 0 aliphatic rings. The third-order valence-electron chi connectivity index (χ3n) is 4.17. The Kier molecular flexibility index (Phi) is 9.03. The molecule has 6 nitrogen and oxygen atoms in total. The summed E-state index contributed by atoms with van der Waals surface area (Å²) in [6.45, 7) is 0. The number of hydrogen-bond acceptors (Lipinski definition) is 6. The van der Waals surface area contributed by atoms with Crippen molar-refractivity contribution in [2.75, 3.05) is 21.3 Å². The molecule has 3 rings (SSSR count). The molecule has 0 aliphatic heterocycles. The minimum Gasteiger partial charge on any atom is -0.741 e. The zero-order chi connectivity index (χ0) is 24.6. The van der Waals surface area contributed by atoms with Crippen molar-refractivity contribution in [3.05, 3.63) is 72.8 Å². The molecule has 0 spiro atoms. The number of alkyl halides is 3. The Balaban J connectivity index is 0.000000414. The van der Waals surface area contributed by atoms with Crippen molar-refractivity contribution >= 4 is 21.0 Å². The van der Waals surface area contributed by atoms with E-state index in [0.29, 0.717) is 0 Å². The highest BCUT2D eigenvalue weighted by Crippen LogP contribution is 2.33.